The molecule has 2 saturated heterocycles. The summed E-state index contributed by atoms with van der Waals surface area (Å²) in [4.78, 5) is 40.3. The highest BCUT2D eigenvalue weighted by Crippen LogP contribution is 2.21. The fourth-order valence-electron chi connectivity index (χ4n) is 2.93. The number of hydrogen-bond acceptors (Lipinski definition) is 4. The number of rotatable bonds is 3. The third-order valence-electron chi connectivity index (χ3n) is 3.91. The molecule has 2 N–H and O–H groups in total. The van der Waals surface area contributed by atoms with Crippen LogP contribution in [0, 0.1) is 0 Å². The number of amides is 3. The third-order valence-corrected chi connectivity index (χ3v) is 3.91. The second kappa shape index (κ2) is 6.30. The molecule has 2 aliphatic rings. The molecule has 8 nitrogen and oxygen atoms in total. The minimum atomic E-state index is -1.09. The summed E-state index contributed by atoms with van der Waals surface area (Å²) in [7, 11) is 3.88. The molecule has 2 aliphatic heterocycles. The van der Waals surface area contributed by atoms with Crippen LogP contribution < -0.4 is 5.32 Å². The average Bonchev–Trinajstić information content (AvgIpc) is 2.84. The van der Waals surface area contributed by atoms with E-state index in [0.717, 1.165) is 19.4 Å². The molecule has 2 fully saturated rings. The Morgan fingerprint density at radius 1 is 1.38 bits per heavy atom. The number of carbonyl (C=O) groups excluding carboxylic acids is 2. The number of nitrogens with one attached hydrogen (secondary N) is 1. The Labute approximate surface area is 123 Å². The van der Waals surface area contributed by atoms with Gasteiger partial charge in [0.05, 0.1) is 0 Å². The average molecular weight is 298 g/mol. The van der Waals surface area contributed by atoms with Crippen molar-refractivity contribution in [3.63, 3.8) is 0 Å². The lowest BCUT2D eigenvalue weighted by molar-refractivity contribution is -0.144. The van der Waals surface area contributed by atoms with E-state index in [-0.39, 0.29) is 31.1 Å². The van der Waals surface area contributed by atoms with Gasteiger partial charge in [0.25, 0.3) is 0 Å². The molecule has 0 aliphatic carbocycles. The van der Waals surface area contributed by atoms with Gasteiger partial charge in [0.15, 0.2) is 0 Å². The van der Waals surface area contributed by atoms with Crippen molar-refractivity contribution in [3.05, 3.63) is 0 Å². The Kier molecular flexibility index (Phi) is 4.66. The van der Waals surface area contributed by atoms with Crippen LogP contribution >= 0.6 is 0 Å². The van der Waals surface area contributed by atoms with E-state index < -0.39 is 12.0 Å². The van der Waals surface area contributed by atoms with E-state index in [2.05, 4.69) is 5.32 Å². The zero-order valence-electron chi connectivity index (χ0n) is 12.4. The SMILES string of the molecule is CN(C)CC1CCCN1C(=O)N1CC(=O)NCC1C(=O)O. The van der Waals surface area contributed by atoms with Crippen molar-refractivity contribution >= 4 is 17.9 Å². The third kappa shape index (κ3) is 3.44. The first-order valence-electron chi connectivity index (χ1n) is 7.11. The van der Waals surface area contributed by atoms with Gasteiger partial charge in [0, 0.05) is 25.7 Å². The summed E-state index contributed by atoms with van der Waals surface area (Å²) < 4.78 is 0. The lowest BCUT2D eigenvalue weighted by Gasteiger charge is -2.37. The van der Waals surface area contributed by atoms with Crippen molar-refractivity contribution < 1.29 is 19.5 Å². The van der Waals surface area contributed by atoms with E-state index >= 15 is 0 Å². The Morgan fingerprint density at radius 2 is 2.10 bits per heavy atom. The lowest BCUT2D eigenvalue weighted by atomic mass is 10.2. The predicted molar refractivity (Wildman–Crippen MR) is 74.8 cm³/mol. The van der Waals surface area contributed by atoms with Crippen molar-refractivity contribution in [2.75, 3.05) is 40.3 Å². The summed E-state index contributed by atoms with van der Waals surface area (Å²) in [5.74, 6) is -1.41. The zero-order valence-corrected chi connectivity index (χ0v) is 12.4. The van der Waals surface area contributed by atoms with Gasteiger partial charge in [-0.1, -0.05) is 0 Å². The number of likely N-dealkylation sites (N-methyl/N-ethyl adjacent to an activating group) is 1. The number of nitrogens with zero attached hydrogens (tertiary/aromatic N) is 3. The van der Waals surface area contributed by atoms with Crippen molar-refractivity contribution in [2.45, 2.75) is 24.9 Å². The van der Waals surface area contributed by atoms with E-state index in [9.17, 15) is 19.5 Å². The monoisotopic (exact) mass is 298 g/mol. The fraction of sp³-hybridized carbons (Fsp3) is 0.769. The maximum Gasteiger partial charge on any atom is 0.328 e. The molecule has 0 saturated carbocycles. The van der Waals surface area contributed by atoms with E-state index in [1.807, 2.05) is 19.0 Å². The minimum absolute atomic E-state index is 0.0356. The molecule has 0 spiro atoms. The van der Waals surface area contributed by atoms with Gasteiger partial charge >= 0.3 is 12.0 Å². The topological polar surface area (TPSA) is 93.2 Å². The molecule has 0 aromatic rings. The molecular weight excluding hydrogens is 276 g/mol. The molecule has 0 aromatic carbocycles. The second-order valence-corrected chi connectivity index (χ2v) is 5.82. The first kappa shape index (κ1) is 15.6. The van der Waals surface area contributed by atoms with Gasteiger partial charge < -0.3 is 20.2 Å². The Hall–Kier alpha value is -1.83. The fourth-order valence-corrected chi connectivity index (χ4v) is 2.93. The van der Waals surface area contributed by atoms with Gasteiger partial charge in [-0.2, -0.15) is 0 Å². The van der Waals surface area contributed by atoms with E-state index in [4.69, 9.17) is 0 Å². The van der Waals surface area contributed by atoms with Crippen LogP contribution in [0.1, 0.15) is 12.8 Å². The highest BCUT2D eigenvalue weighted by atomic mass is 16.4. The molecule has 118 valence electrons. The molecule has 3 amide bonds. The first-order valence-corrected chi connectivity index (χ1v) is 7.11. The summed E-state index contributed by atoms with van der Waals surface area (Å²) in [6, 6.07) is -1.26. The van der Waals surface area contributed by atoms with Crippen LogP contribution in [0.15, 0.2) is 0 Å². The van der Waals surface area contributed by atoms with Crippen molar-refractivity contribution in [1.82, 2.24) is 20.0 Å². The molecule has 8 heteroatoms. The lowest BCUT2D eigenvalue weighted by Crippen LogP contribution is -2.62. The number of piperazine rings is 1. The normalized spacial score (nSPS) is 26.1. The van der Waals surface area contributed by atoms with Gasteiger partial charge in [0.1, 0.15) is 12.6 Å². The molecular formula is C13H22N4O4. The van der Waals surface area contributed by atoms with Crippen LogP contribution in [0.2, 0.25) is 0 Å². The largest absolute Gasteiger partial charge is 0.480 e. The van der Waals surface area contributed by atoms with Crippen molar-refractivity contribution in [3.8, 4) is 0 Å². The predicted octanol–water partition coefficient (Wildman–Crippen LogP) is -0.983. The van der Waals surface area contributed by atoms with Crippen molar-refractivity contribution in [1.29, 1.82) is 0 Å². The molecule has 2 atom stereocenters. The van der Waals surface area contributed by atoms with Gasteiger partial charge in [-0.15, -0.1) is 0 Å². The molecule has 2 heterocycles. The van der Waals surface area contributed by atoms with Crippen LogP contribution in [0.3, 0.4) is 0 Å². The summed E-state index contributed by atoms with van der Waals surface area (Å²) in [6.45, 7) is 1.12. The van der Waals surface area contributed by atoms with Crippen LogP contribution in [-0.4, -0.2) is 90.1 Å². The number of carbonyl (C=O) groups is 3. The summed E-state index contributed by atoms with van der Waals surface area (Å²) in [5.41, 5.74) is 0. The molecule has 21 heavy (non-hydrogen) atoms. The van der Waals surface area contributed by atoms with Gasteiger partial charge in [-0.3, -0.25) is 9.69 Å². The van der Waals surface area contributed by atoms with Crippen molar-refractivity contribution in [2.24, 2.45) is 0 Å². The standard InChI is InChI=1S/C13H22N4O4/c1-15(2)7-9-4-3-5-16(9)13(21)17-8-11(18)14-6-10(17)12(19)20/h9-10H,3-8H2,1-2H3,(H,14,18)(H,19,20). The summed E-state index contributed by atoms with van der Waals surface area (Å²) >= 11 is 0. The molecule has 0 aromatic heterocycles. The first-order chi connectivity index (χ1) is 9.90. The number of aliphatic carboxylic acids is 1. The number of carboxylic acid groups (broad SMARTS) is 1. The maximum atomic E-state index is 12.6. The van der Waals surface area contributed by atoms with E-state index in [0.29, 0.717) is 6.54 Å². The minimum Gasteiger partial charge on any atom is -0.480 e. The van der Waals surface area contributed by atoms with E-state index in [1.165, 1.54) is 4.90 Å². The van der Waals surface area contributed by atoms with Gasteiger partial charge in [0.2, 0.25) is 5.91 Å². The van der Waals surface area contributed by atoms with Gasteiger partial charge in [-0.25, -0.2) is 9.59 Å². The van der Waals surface area contributed by atoms with Crippen LogP contribution in [0.4, 0.5) is 4.79 Å². The Bertz CT molecular complexity index is 440. The molecule has 0 bridgehead atoms. The summed E-state index contributed by atoms with van der Waals surface area (Å²) in [6.07, 6.45) is 1.81. The quantitative estimate of drug-likeness (QED) is 0.698. The zero-order chi connectivity index (χ0) is 15.6. The van der Waals surface area contributed by atoms with Crippen LogP contribution in [0.5, 0.6) is 0 Å². The highest BCUT2D eigenvalue weighted by molar-refractivity contribution is 5.90. The molecule has 2 unspecified atom stereocenters. The van der Waals surface area contributed by atoms with E-state index in [1.54, 1.807) is 4.90 Å². The van der Waals surface area contributed by atoms with Crippen LogP contribution in [0.25, 0.3) is 0 Å². The number of carboxylic acids is 1. The number of likely N-dealkylation sites (tertiary alicyclic amines) is 1. The summed E-state index contributed by atoms with van der Waals surface area (Å²) in [5, 5.41) is 11.7. The van der Waals surface area contributed by atoms with Crippen LogP contribution in [-0.2, 0) is 9.59 Å². The smallest absolute Gasteiger partial charge is 0.328 e. The number of hydrogen-bond donors (Lipinski definition) is 2. The Morgan fingerprint density at radius 3 is 2.71 bits per heavy atom. The molecule has 0 radical (unpaired) electrons. The molecule has 2 rings (SSSR count). The Balaban J connectivity index is 2.12. The maximum absolute atomic E-state index is 12.6. The highest BCUT2D eigenvalue weighted by Gasteiger charge is 2.40. The van der Waals surface area contributed by atoms with Gasteiger partial charge in [-0.05, 0) is 26.9 Å². The second-order valence-electron chi connectivity index (χ2n) is 5.82. The number of urea groups is 1.